The Morgan fingerprint density at radius 2 is 1.76 bits per heavy atom. The minimum atomic E-state index is 0.700. The molecule has 0 fully saturated rings. The summed E-state index contributed by atoms with van der Waals surface area (Å²) in [6.07, 6.45) is 0. The van der Waals surface area contributed by atoms with Crippen LogP contribution in [0.15, 0.2) is 42.5 Å². The van der Waals surface area contributed by atoms with Gasteiger partial charge in [0.15, 0.2) is 0 Å². The number of hydrogen-bond donors (Lipinski definition) is 2. The molecule has 2 aromatic rings. The summed E-state index contributed by atoms with van der Waals surface area (Å²) >= 11 is 0. The number of ether oxygens (including phenoxy) is 1. The van der Waals surface area contributed by atoms with Gasteiger partial charge in [-0.25, -0.2) is 0 Å². The van der Waals surface area contributed by atoms with Crippen molar-refractivity contribution in [2.45, 2.75) is 6.92 Å². The summed E-state index contributed by atoms with van der Waals surface area (Å²) in [5.74, 6) is 0.786. The standard InChI is InChI=1S/C14H16N2O/c1-10-3-5-11(6-4-10)16-14-9-12(17-2)7-8-13(14)15/h3-9,16H,15H2,1-2H3. The predicted molar refractivity (Wildman–Crippen MR) is 71.9 cm³/mol. The van der Waals surface area contributed by atoms with Crippen molar-refractivity contribution in [2.24, 2.45) is 0 Å². The van der Waals surface area contributed by atoms with Crippen molar-refractivity contribution < 1.29 is 4.74 Å². The zero-order valence-corrected chi connectivity index (χ0v) is 10.0. The van der Waals surface area contributed by atoms with Gasteiger partial charge in [-0.1, -0.05) is 17.7 Å². The molecule has 0 saturated carbocycles. The second-order valence-electron chi connectivity index (χ2n) is 3.94. The number of nitrogens with two attached hydrogens (primary N) is 1. The molecule has 2 rings (SSSR count). The van der Waals surface area contributed by atoms with Crippen molar-refractivity contribution in [3.05, 3.63) is 48.0 Å². The maximum absolute atomic E-state index is 5.90. The van der Waals surface area contributed by atoms with Crippen LogP contribution in [-0.2, 0) is 0 Å². The summed E-state index contributed by atoms with van der Waals surface area (Å²) < 4.78 is 5.17. The SMILES string of the molecule is COc1ccc(N)c(Nc2ccc(C)cc2)c1. The molecule has 2 aromatic carbocycles. The van der Waals surface area contributed by atoms with Crippen LogP contribution >= 0.6 is 0 Å². The lowest BCUT2D eigenvalue weighted by Gasteiger charge is -2.11. The second kappa shape index (κ2) is 4.78. The molecular formula is C14H16N2O. The van der Waals surface area contributed by atoms with Crippen molar-refractivity contribution in [1.29, 1.82) is 0 Å². The molecule has 3 heteroatoms. The van der Waals surface area contributed by atoms with Gasteiger partial charge >= 0.3 is 0 Å². The fourth-order valence-electron chi connectivity index (χ4n) is 1.56. The van der Waals surface area contributed by atoms with E-state index in [9.17, 15) is 0 Å². The van der Waals surface area contributed by atoms with Crippen molar-refractivity contribution >= 4 is 17.1 Å². The first-order valence-electron chi connectivity index (χ1n) is 5.46. The van der Waals surface area contributed by atoms with Crippen molar-refractivity contribution in [2.75, 3.05) is 18.2 Å². The van der Waals surface area contributed by atoms with E-state index in [1.165, 1.54) is 5.56 Å². The summed E-state index contributed by atoms with van der Waals surface area (Å²) in [5, 5.41) is 3.27. The number of benzene rings is 2. The average molecular weight is 228 g/mol. The van der Waals surface area contributed by atoms with E-state index in [-0.39, 0.29) is 0 Å². The second-order valence-corrected chi connectivity index (χ2v) is 3.94. The van der Waals surface area contributed by atoms with E-state index < -0.39 is 0 Å². The Morgan fingerprint density at radius 1 is 1.06 bits per heavy atom. The van der Waals surface area contributed by atoms with Gasteiger partial charge in [-0.3, -0.25) is 0 Å². The molecule has 0 amide bonds. The van der Waals surface area contributed by atoms with Gasteiger partial charge < -0.3 is 15.8 Å². The molecule has 0 bridgehead atoms. The van der Waals surface area contributed by atoms with Crippen LogP contribution in [0.5, 0.6) is 5.75 Å². The van der Waals surface area contributed by atoms with Crippen LogP contribution in [0.2, 0.25) is 0 Å². The first-order valence-corrected chi connectivity index (χ1v) is 5.46. The highest BCUT2D eigenvalue weighted by Crippen LogP contribution is 2.27. The lowest BCUT2D eigenvalue weighted by molar-refractivity contribution is 0.415. The molecule has 0 aliphatic rings. The average Bonchev–Trinajstić information content (AvgIpc) is 2.35. The third-order valence-electron chi connectivity index (χ3n) is 2.59. The van der Waals surface area contributed by atoms with Crippen LogP contribution < -0.4 is 15.8 Å². The summed E-state index contributed by atoms with van der Waals surface area (Å²) in [4.78, 5) is 0. The van der Waals surface area contributed by atoms with Crippen molar-refractivity contribution in [3.63, 3.8) is 0 Å². The van der Waals surface area contributed by atoms with Gasteiger partial charge in [0.25, 0.3) is 0 Å². The van der Waals surface area contributed by atoms with E-state index in [1.54, 1.807) is 7.11 Å². The van der Waals surface area contributed by atoms with Gasteiger partial charge in [0.05, 0.1) is 18.5 Å². The largest absolute Gasteiger partial charge is 0.497 e. The smallest absolute Gasteiger partial charge is 0.121 e. The third-order valence-corrected chi connectivity index (χ3v) is 2.59. The summed E-state index contributed by atoms with van der Waals surface area (Å²) in [5.41, 5.74) is 9.70. The van der Waals surface area contributed by atoms with E-state index in [0.29, 0.717) is 5.69 Å². The van der Waals surface area contributed by atoms with Gasteiger partial charge in [-0.15, -0.1) is 0 Å². The molecule has 0 aliphatic heterocycles. The maximum atomic E-state index is 5.90. The first kappa shape index (κ1) is 11.3. The molecule has 0 heterocycles. The van der Waals surface area contributed by atoms with E-state index in [4.69, 9.17) is 10.5 Å². The monoisotopic (exact) mass is 228 g/mol. The molecule has 0 spiro atoms. The number of nitrogens with one attached hydrogen (secondary N) is 1. The first-order chi connectivity index (χ1) is 8.19. The Bertz CT molecular complexity index is 506. The molecule has 0 atom stereocenters. The number of rotatable bonds is 3. The highest BCUT2D eigenvalue weighted by molar-refractivity contribution is 5.74. The summed E-state index contributed by atoms with van der Waals surface area (Å²) in [6.45, 7) is 2.06. The Hall–Kier alpha value is -2.16. The van der Waals surface area contributed by atoms with Crippen LogP contribution in [0.3, 0.4) is 0 Å². The zero-order chi connectivity index (χ0) is 12.3. The highest BCUT2D eigenvalue weighted by atomic mass is 16.5. The molecule has 0 unspecified atom stereocenters. The maximum Gasteiger partial charge on any atom is 0.121 e. The molecule has 0 saturated heterocycles. The Labute approximate surface area is 101 Å². The molecule has 88 valence electrons. The van der Waals surface area contributed by atoms with Crippen LogP contribution in [0.4, 0.5) is 17.1 Å². The summed E-state index contributed by atoms with van der Waals surface area (Å²) in [7, 11) is 1.64. The zero-order valence-electron chi connectivity index (χ0n) is 10.0. The van der Waals surface area contributed by atoms with Crippen LogP contribution in [0.25, 0.3) is 0 Å². The minimum absolute atomic E-state index is 0.700. The van der Waals surface area contributed by atoms with Crippen molar-refractivity contribution in [3.8, 4) is 5.75 Å². The Morgan fingerprint density at radius 3 is 2.41 bits per heavy atom. The topological polar surface area (TPSA) is 47.3 Å². The number of methoxy groups -OCH3 is 1. The molecule has 0 radical (unpaired) electrons. The number of hydrogen-bond acceptors (Lipinski definition) is 3. The molecule has 3 nitrogen and oxygen atoms in total. The van der Waals surface area contributed by atoms with Gasteiger partial charge in [0.2, 0.25) is 0 Å². The minimum Gasteiger partial charge on any atom is -0.497 e. The molecular weight excluding hydrogens is 212 g/mol. The highest BCUT2D eigenvalue weighted by Gasteiger charge is 2.01. The lowest BCUT2D eigenvalue weighted by atomic mass is 10.2. The van der Waals surface area contributed by atoms with E-state index >= 15 is 0 Å². The molecule has 0 aliphatic carbocycles. The number of anilines is 3. The Kier molecular flexibility index (Phi) is 3.19. The van der Waals surface area contributed by atoms with Crippen LogP contribution in [0, 0.1) is 6.92 Å². The van der Waals surface area contributed by atoms with Gasteiger partial charge in [0, 0.05) is 11.8 Å². The van der Waals surface area contributed by atoms with Gasteiger partial charge in [0.1, 0.15) is 5.75 Å². The molecule has 0 aromatic heterocycles. The van der Waals surface area contributed by atoms with Crippen molar-refractivity contribution in [1.82, 2.24) is 0 Å². The number of nitrogen functional groups attached to an aromatic ring is 1. The Balaban J connectivity index is 2.25. The van der Waals surface area contributed by atoms with Gasteiger partial charge in [-0.2, -0.15) is 0 Å². The van der Waals surface area contributed by atoms with E-state index in [1.807, 2.05) is 30.3 Å². The summed E-state index contributed by atoms with van der Waals surface area (Å²) in [6, 6.07) is 13.7. The third kappa shape index (κ3) is 2.69. The normalized spacial score (nSPS) is 10.0. The fourth-order valence-corrected chi connectivity index (χ4v) is 1.56. The predicted octanol–water partition coefficient (Wildman–Crippen LogP) is 3.33. The molecule has 3 N–H and O–H groups in total. The van der Waals surface area contributed by atoms with Crippen LogP contribution in [0.1, 0.15) is 5.56 Å². The van der Waals surface area contributed by atoms with Gasteiger partial charge in [-0.05, 0) is 31.2 Å². The van der Waals surface area contributed by atoms with E-state index in [2.05, 4.69) is 24.4 Å². The molecule has 17 heavy (non-hydrogen) atoms. The lowest BCUT2D eigenvalue weighted by Crippen LogP contribution is -1.97. The quantitative estimate of drug-likeness (QED) is 0.792. The van der Waals surface area contributed by atoms with E-state index in [0.717, 1.165) is 17.1 Å². The number of aryl methyl sites for hydroxylation is 1. The fraction of sp³-hybridized carbons (Fsp3) is 0.143. The van der Waals surface area contributed by atoms with Crippen LogP contribution in [-0.4, -0.2) is 7.11 Å².